The average Bonchev–Trinajstić information content (AvgIpc) is 3.12. The summed E-state index contributed by atoms with van der Waals surface area (Å²) in [5.74, 6) is 0.882. The van der Waals surface area contributed by atoms with Gasteiger partial charge in [0, 0.05) is 22.1 Å². The van der Waals surface area contributed by atoms with Crippen molar-refractivity contribution in [3.8, 4) is 5.75 Å². The summed E-state index contributed by atoms with van der Waals surface area (Å²) in [7, 11) is 0. The second kappa shape index (κ2) is 7.08. The lowest BCUT2D eigenvalue weighted by atomic mass is 10.1. The lowest BCUT2D eigenvalue weighted by molar-refractivity contribution is 0.210. The van der Waals surface area contributed by atoms with Gasteiger partial charge in [-0.1, -0.05) is 66.7 Å². The molecule has 28 heavy (non-hydrogen) atoms. The maximum absolute atomic E-state index is 6.62. The zero-order chi connectivity index (χ0) is 19.0. The summed E-state index contributed by atoms with van der Waals surface area (Å²) < 4.78 is 6.62. The Labute approximate surface area is 173 Å². The Morgan fingerprint density at radius 1 is 0.893 bits per heavy atom. The van der Waals surface area contributed by atoms with Crippen molar-refractivity contribution in [2.45, 2.75) is 5.06 Å². The number of nitrogens with zero attached hydrogens (tertiary/aromatic N) is 2. The smallest absolute Gasteiger partial charge is 0.277 e. The third-order valence-electron chi connectivity index (χ3n) is 4.69. The normalized spacial score (nSPS) is 20.4. The summed E-state index contributed by atoms with van der Waals surface area (Å²) in [6, 6.07) is 28.7. The van der Waals surface area contributed by atoms with Gasteiger partial charge in [0.2, 0.25) is 0 Å². The largest absolute Gasteiger partial charge is 0.452 e. The Kier molecular flexibility index (Phi) is 4.41. The molecule has 0 bridgehead atoms. The van der Waals surface area contributed by atoms with Crippen molar-refractivity contribution in [2.24, 2.45) is 5.10 Å². The Balaban J connectivity index is 1.66. The third-order valence-corrected chi connectivity index (χ3v) is 6.65. The van der Waals surface area contributed by atoms with Gasteiger partial charge >= 0.3 is 0 Å². The van der Waals surface area contributed by atoms with Crippen molar-refractivity contribution >= 4 is 39.2 Å². The molecule has 5 rings (SSSR count). The summed E-state index contributed by atoms with van der Waals surface area (Å²) in [6.07, 6.45) is 4.30. The number of para-hydroxylation sites is 2. The SMILES string of the molecule is CSC1=CC2(Oc3ccccc31)SC(c1ccccc1)=NN2c1ccccc1. The standard InChI is InChI=1S/C23H18N2OS2/c1-27-21-16-23(26-20-15-9-8-14-19(20)21)25(18-12-6-3-7-13-18)24-22(28-23)17-10-4-2-5-11-17/h2-16H,1H3. The van der Waals surface area contributed by atoms with Crippen LogP contribution in [0.5, 0.6) is 5.75 Å². The fourth-order valence-electron chi connectivity index (χ4n) is 3.38. The summed E-state index contributed by atoms with van der Waals surface area (Å²) in [5, 5.41) is 7.17. The lowest BCUT2D eigenvalue weighted by Gasteiger charge is -2.38. The van der Waals surface area contributed by atoms with E-state index in [9.17, 15) is 0 Å². The molecule has 0 saturated carbocycles. The van der Waals surface area contributed by atoms with Crippen molar-refractivity contribution in [1.82, 2.24) is 0 Å². The van der Waals surface area contributed by atoms with Crippen molar-refractivity contribution in [3.05, 3.63) is 102 Å². The highest BCUT2D eigenvalue weighted by atomic mass is 32.2. The first-order valence-electron chi connectivity index (χ1n) is 9.03. The quantitative estimate of drug-likeness (QED) is 0.532. The molecule has 0 fully saturated rings. The third kappa shape index (κ3) is 2.91. The van der Waals surface area contributed by atoms with Crippen molar-refractivity contribution in [2.75, 3.05) is 11.3 Å². The molecule has 0 aliphatic carbocycles. The fraction of sp³-hybridized carbons (Fsp3) is 0.0870. The van der Waals surface area contributed by atoms with Gasteiger partial charge in [0.15, 0.2) is 0 Å². The summed E-state index contributed by atoms with van der Waals surface area (Å²) in [5.41, 5.74) is 3.21. The van der Waals surface area contributed by atoms with Gasteiger partial charge in [-0.05, 0) is 36.2 Å². The van der Waals surface area contributed by atoms with Crippen LogP contribution in [0, 0.1) is 0 Å². The van der Waals surface area contributed by atoms with E-state index < -0.39 is 5.06 Å². The van der Waals surface area contributed by atoms with Crippen LogP contribution in [0.1, 0.15) is 11.1 Å². The van der Waals surface area contributed by atoms with Crippen LogP contribution in [-0.2, 0) is 0 Å². The number of fused-ring (bicyclic) bond motifs is 1. The van der Waals surface area contributed by atoms with Gasteiger partial charge in [-0.3, -0.25) is 0 Å². The van der Waals surface area contributed by atoms with Crippen molar-refractivity contribution in [1.29, 1.82) is 0 Å². The molecule has 5 heteroatoms. The molecular formula is C23H18N2OS2. The highest BCUT2D eigenvalue weighted by Gasteiger charge is 2.48. The van der Waals surface area contributed by atoms with Gasteiger partial charge < -0.3 is 4.74 Å². The number of thioether (sulfide) groups is 2. The maximum atomic E-state index is 6.62. The number of hydrogen-bond donors (Lipinski definition) is 0. The van der Waals surface area contributed by atoms with Gasteiger partial charge in [-0.15, -0.1) is 11.8 Å². The second-order valence-corrected chi connectivity index (χ2v) is 8.49. The minimum Gasteiger partial charge on any atom is -0.452 e. The minimum absolute atomic E-state index is 0.751. The lowest BCUT2D eigenvalue weighted by Crippen LogP contribution is -2.45. The average molecular weight is 403 g/mol. The molecule has 3 aromatic rings. The molecule has 3 aromatic carbocycles. The second-order valence-electron chi connectivity index (χ2n) is 6.46. The molecule has 0 radical (unpaired) electrons. The molecule has 3 nitrogen and oxygen atoms in total. The molecular weight excluding hydrogens is 384 g/mol. The Morgan fingerprint density at radius 3 is 2.32 bits per heavy atom. The molecule has 1 unspecified atom stereocenters. The van der Waals surface area contributed by atoms with Gasteiger partial charge in [0.25, 0.3) is 5.06 Å². The summed E-state index contributed by atoms with van der Waals surface area (Å²) in [6.45, 7) is 0. The zero-order valence-electron chi connectivity index (χ0n) is 15.3. The van der Waals surface area contributed by atoms with Crippen LogP contribution in [0.25, 0.3) is 4.91 Å². The molecule has 1 spiro atoms. The van der Waals surface area contributed by atoms with Crippen molar-refractivity contribution in [3.63, 3.8) is 0 Å². The fourth-order valence-corrected chi connectivity index (χ4v) is 5.32. The molecule has 0 aromatic heterocycles. The van der Waals surface area contributed by atoms with E-state index in [0.29, 0.717) is 0 Å². The topological polar surface area (TPSA) is 24.8 Å². The van der Waals surface area contributed by atoms with E-state index in [4.69, 9.17) is 9.84 Å². The number of benzene rings is 3. The van der Waals surface area contributed by atoms with E-state index in [1.807, 2.05) is 59.6 Å². The molecule has 0 saturated heterocycles. The van der Waals surface area contributed by atoms with E-state index in [1.54, 1.807) is 23.5 Å². The van der Waals surface area contributed by atoms with Gasteiger partial charge in [0.1, 0.15) is 10.8 Å². The Hall–Kier alpha value is -2.63. The van der Waals surface area contributed by atoms with Crippen LogP contribution in [-0.4, -0.2) is 16.4 Å². The van der Waals surface area contributed by atoms with E-state index in [1.165, 1.54) is 4.91 Å². The molecule has 2 aliphatic rings. The minimum atomic E-state index is -0.751. The zero-order valence-corrected chi connectivity index (χ0v) is 16.9. The molecule has 1 atom stereocenters. The monoisotopic (exact) mass is 402 g/mol. The first kappa shape index (κ1) is 17.5. The van der Waals surface area contributed by atoms with Crippen molar-refractivity contribution < 1.29 is 4.74 Å². The number of ether oxygens (including phenoxy) is 1. The van der Waals surface area contributed by atoms with Crippen LogP contribution >= 0.6 is 23.5 Å². The molecule has 0 N–H and O–H groups in total. The number of rotatable bonds is 3. The number of anilines is 1. The van der Waals surface area contributed by atoms with Crippen LogP contribution in [0.3, 0.4) is 0 Å². The maximum Gasteiger partial charge on any atom is 0.277 e. The van der Waals surface area contributed by atoms with Crippen LogP contribution in [0.15, 0.2) is 96.1 Å². The number of hydrazone groups is 1. The molecule has 2 heterocycles. The van der Waals surface area contributed by atoms with Crippen LogP contribution in [0.4, 0.5) is 5.69 Å². The highest BCUT2D eigenvalue weighted by Crippen LogP contribution is 2.51. The van der Waals surface area contributed by atoms with Crippen LogP contribution < -0.4 is 9.75 Å². The summed E-state index contributed by atoms with van der Waals surface area (Å²) in [4.78, 5) is 1.19. The molecule has 2 aliphatic heterocycles. The van der Waals surface area contributed by atoms with Gasteiger partial charge in [0.05, 0.1) is 5.69 Å². The Morgan fingerprint density at radius 2 is 1.57 bits per heavy atom. The van der Waals surface area contributed by atoms with E-state index in [-0.39, 0.29) is 0 Å². The predicted molar refractivity (Wildman–Crippen MR) is 121 cm³/mol. The van der Waals surface area contributed by atoms with E-state index in [0.717, 1.165) is 27.6 Å². The Bertz CT molecular complexity index is 1070. The highest BCUT2D eigenvalue weighted by molar-refractivity contribution is 8.16. The van der Waals surface area contributed by atoms with E-state index >= 15 is 0 Å². The van der Waals surface area contributed by atoms with E-state index in [2.05, 4.69) is 42.7 Å². The first-order chi connectivity index (χ1) is 13.8. The predicted octanol–water partition coefficient (Wildman–Crippen LogP) is 6.05. The first-order valence-corrected chi connectivity index (χ1v) is 11.1. The summed E-state index contributed by atoms with van der Waals surface area (Å²) >= 11 is 3.37. The molecule has 0 amide bonds. The number of hydrogen-bond acceptors (Lipinski definition) is 5. The van der Waals surface area contributed by atoms with Gasteiger partial charge in [-0.2, -0.15) is 5.10 Å². The molecule has 138 valence electrons. The van der Waals surface area contributed by atoms with Gasteiger partial charge in [-0.25, -0.2) is 5.01 Å². The van der Waals surface area contributed by atoms with Crippen LogP contribution in [0.2, 0.25) is 0 Å².